The summed E-state index contributed by atoms with van der Waals surface area (Å²) >= 11 is 0. The molecule has 0 rings (SSSR count). The molecule has 0 bridgehead atoms. The first-order chi connectivity index (χ1) is 4.70. The Bertz CT molecular complexity index is 83.5. The zero-order valence-electron chi connectivity index (χ0n) is 8.48. The van der Waals surface area contributed by atoms with E-state index in [1.165, 1.54) is 12.1 Å². The Labute approximate surface area is 105 Å². The maximum atomic E-state index is 5.74. The van der Waals surface area contributed by atoms with Gasteiger partial charge in [0.15, 0.2) is 9.04 Å². The molecule has 0 aliphatic carbocycles. The smallest absolute Gasteiger partial charge is 1.00 e. The van der Waals surface area contributed by atoms with Crippen molar-refractivity contribution in [2.75, 3.05) is 0 Å². The molecule has 0 aliphatic heterocycles. The van der Waals surface area contributed by atoms with E-state index < -0.39 is 9.04 Å². The number of halogens is 1. The largest absolute Gasteiger partial charge is 2.00 e. The summed E-state index contributed by atoms with van der Waals surface area (Å²) < 4.78 is 5.74. The van der Waals surface area contributed by atoms with Gasteiger partial charge < -0.3 is 28.3 Å². The quantitative estimate of drug-likeness (QED) is 0.457. The second-order valence-corrected chi connectivity index (χ2v) is 5.77. The molecule has 70 valence electrons. The third-order valence-electron chi connectivity index (χ3n) is 1.45. The molecule has 4 heteroatoms. The fraction of sp³-hybridized carbons (Fsp3) is 0.875. The molecule has 0 N–H and O–H groups in total. The summed E-state index contributed by atoms with van der Waals surface area (Å²) in [7, 11) is -0.833. The van der Waals surface area contributed by atoms with Crippen molar-refractivity contribution < 1.29 is 21.4 Å². The maximum Gasteiger partial charge on any atom is 2.00 e. The Morgan fingerprint density at radius 2 is 1.92 bits per heavy atom. The molecule has 12 heavy (non-hydrogen) atoms. The Morgan fingerprint density at radius 1 is 1.42 bits per heavy atom. The molecule has 0 saturated heterocycles. The SMILES string of the molecule is [Br-].[CH2-]CC[SiH](CC)OC(C)C.[Mg+2]. The van der Waals surface area contributed by atoms with E-state index in [1.807, 2.05) is 0 Å². The van der Waals surface area contributed by atoms with E-state index in [4.69, 9.17) is 4.43 Å². The van der Waals surface area contributed by atoms with Crippen molar-refractivity contribution in [1.29, 1.82) is 0 Å². The molecule has 0 saturated carbocycles. The van der Waals surface area contributed by atoms with Gasteiger partial charge in [-0.1, -0.05) is 13.0 Å². The summed E-state index contributed by atoms with van der Waals surface area (Å²) in [6.45, 7) is 10.3. The standard InChI is InChI=1S/C8H19OSi.BrH.Mg/c1-5-7-10(6-2)9-8(3)4;;/h8,10H,1,5-7H2,2-4H3;1H;/q-1;;+2/p-1. The monoisotopic (exact) mass is 262 g/mol. The van der Waals surface area contributed by atoms with Gasteiger partial charge in [-0.2, -0.15) is 6.42 Å². The van der Waals surface area contributed by atoms with Crippen LogP contribution in [0.2, 0.25) is 12.1 Å². The van der Waals surface area contributed by atoms with Crippen molar-refractivity contribution in [3.63, 3.8) is 0 Å². The average Bonchev–Trinajstić information content (AvgIpc) is 1.86. The summed E-state index contributed by atoms with van der Waals surface area (Å²) in [5.41, 5.74) is 0. The maximum absolute atomic E-state index is 5.74. The molecule has 0 aliphatic rings. The molecule has 1 nitrogen and oxygen atoms in total. The van der Waals surface area contributed by atoms with E-state index in [1.54, 1.807) is 0 Å². The van der Waals surface area contributed by atoms with Crippen LogP contribution in [-0.2, 0) is 4.43 Å². The van der Waals surface area contributed by atoms with Gasteiger partial charge in [-0.3, -0.25) is 0 Å². The van der Waals surface area contributed by atoms with E-state index in [2.05, 4.69) is 27.7 Å². The molecule has 0 amide bonds. The van der Waals surface area contributed by atoms with E-state index in [0.717, 1.165) is 6.42 Å². The molecule has 0 spiro atoms. The van der Waals surface area contributed by atoms with Crippen LogP contribution in [0.5, 0.6) is 0 Å². The summed E-state index contributed by atoms with van der Waals surface area (Å²) in [5, 5.41) is 0. The van der Waals surface area contributed by atoms with E-state index in [0.29, 0.717) is 6.10 Å². The van der Waals surface area contributed by atoms with Gasteiger partial charge in [0.05, 0.1) is 0 Å². The summed E-state index contributed by atoms with van der Waals surface area (Å²) in [6.07, 6.45) is 1.46. The van der Waals surface area contributed by atoms with Crippen molar-refractivity contribution in [2.24, 2.45) is 0 Å². The van der Waals surface area contributed by atoms with Crippen molar-refractivity contribution in [2.45, 2.75) is 45.4 Å². The van der Waals surface area contributed by atoms with Crippen LogP contribution in [0, 0.1) is 6.92 Å². The first-order valence-electron chi connectivity index (χ1n) is 4.15. The minimum atomic E-state index is -0.833. The van der Waals surface area contributed by atoms with Crippen molar-refractivity contribution in [3.8, 4) is 0 Å². The summed E-state index contributed by atoms with van der Waals surface area (Å²) in [4.78, 5) is 0. The topological polar surface area (TPSA) is 9.23 Å². The fourth-order valence-corrected chi connectivity index (χ4v) is 2.94. The minimum Gasteiger partial charge on any atom is -1.00 e. The van der Waals surface area contributed by atoms with Crippen LogP contribution in [0.25, 0.3) is 0 Å². The zero-order valence-corrected chi connectivity index (χ0v) is 12.6. The van der Waals surface area contributed by atoms with Crippen LogP contribution >= 0.6 is 0 Å². The molecule has 0 aromatic carbocycles. The third kappa shape index (κ3) is 11.4. The first kappa shape index (κ1) is 19.1. The molecular weight excluding hydrogens is 244 g/mol. The average molecular weight is 264 g/mol. The van der Waals surface area contributed by atoms with Gasteiger partial charge in [0.25, 0.3) is 0 Å². The van der Waals surface area contributed by atoms with Crippen LogP contribution in [0.3, 0.4) is 0 Å². The number of hydrogen-bond acceptors (Lipinski definition) is 1. The second kappa shape index (κ2) is 12.4. The van der Waals surface area contributed by atoms with Gasteiger partial charge in [0.1, 0.15) is 0 Å². The van der Waals surface area contributed by atoms with E-state index in [-0.39, 0.29) is 40.0 Å². The molecular formula is C8H19BrMgOSi. The van der Waals surface area contributed by atoms with Gasteiger partial charge in [0, 0.05) is 6.10 Å². The molecule has 0 radical (unpaired) electrons. The zero-order chi connectivity index (χ0) is 7.98. The molecule has 1 atom stereocenters. The minimum absolute atomic E-state index is 0. The Hall–Kier alpha value is 1.42. The molecule has 0 heterocycles. The van der Waals surface area contributed by atoms with Gasteiger partial charge in [-0.25, -0.2) is 0 Å². The van der Waals surface area contributed by atoms with Crippen molar-refractivity contribution in [1.82, 2.24) is 0 Å². The van der Waals surface area contributed by atoms with Crippen LogP contribution < -0.4 is 17.0 Å². The Balaban J connectivity index is -0.000000405. The molecule has 0 aromatic rings. The molecule has 0 fully saturated rings. The number of rotatable bonds is 5. The Morgan fingerprint density at radius 3 is 2.17 bits per heavy atom. The second-order valence-electron chi connectivity index (χ2n) is 2.86. The van der Waals surface area contributed by atoms with Gasteiger partial charge in [-0.15, -0.1) is 0 Å². The predicted octanol–water partition coefficient (Wildman–Crippen LogP) is -0.998. The van der Waals surface area contributed by atoms with Gasteiger partial charge in [0.2, 0.25) is 0 Å². The fourth-order valence-electron chi connectivity index (χ4n) is 0.981. The normalized spacial score (nSPS) is 11.8. The van der Waals surface area contributed by atoms with Gasteiger partial charge >= 0.3 is 23.1 Å². The molecule has 1 unspecified atom stereocenters. The third-order valence-corrected chi connectivity index (χ3v) is 4.34. The van der Waals surface area contributed by atoms with Crippen LogP contribution in [0.1, 0.15) is 27.2 Å². The summed E-state index contributed by atoms with van der Waals surface area (Å²) in [5.74, 6) is 0. The van der Waals surface area contributed by atoms with Crippen LogP contribution in [0.15, 0.2) is 0 Å². The first-order valence-corrected chi connectivity index (χ1v) is 6.25. The van der Waals surface area contributed by atoms with Crippen LogP contribution in [-0.4, -0.2) is 38.2 Å². The van der Waals surface area contributed by atoms with Crippen molar-refractivity contribution >= 4 is 32.1 Å². The predicted molar refractivity (Wildman–Crippen MR) is 54.4 cm³/mol. The van der Waals surface area contributed by atoms with Crippen molar-refractivity contribution in [3.05, 3.63) is 6.92 Å². The Kier molecular flexibility index (Phi) is 19.7. The number of hydrogen-bond donors (Lipinski definition) is 0. The van der Waals surface area contributed by atoms with Crippen LogP contribution in [0.4, 0.5) is 0 Å². The van der Waals surface area contributed by atoms with E-state index >= 15 is 0 Å². The summed E-state index contributed by atoms with van der Waals surface area (Å²) in [6, 6.07) is 2.47. The van der Waals surface area contributed by atoms with Gasteiger partial charge in [-0.05, 0) is 19.9 Å². The molecule has 0 aromatic heterocycles. The van der Waals surface area contributed by atoms with E-state index in [9.17, 15) is 0 Å².